The summed E-state index contributed by atoms with van der Waals surface area (Å²) in [7, 11) is -2.54. The normalized spacial score (nSPS) is 11.6. The van der Waals surface area contributed by atoms with Gasteiger partial charge >= 0.3 is 0 Å². The molecule has 1 aromatic heterocycles. The van der Waals surface area contributed by atoms with Crippen molar-refractivity contribution in [2.45, 2.75) is 11.3 Å². The van der Waals surface area contributed by atoms with Crippen LogP contribution in [0, 0.1) is 5.82 Å². The van der Waals surface area contributed by atoms with Gasteiger partial charge in [0.05, 0.1) is 29.5 Å². The first-order chi connectivity index (χ1) is 14.9. The Morgan fingerprint density at radius 1 is 1.03 bits per heavy atom. The van der Waals surface area contributed by atoms with E-state index in [0.29, 0.717) is 28.1 Å². The van der Waals surface area contributed by atoms with Gasteiger partial charge in [-0.3, -0.25) is 0 Å². The van der Waals surface area contributed by atoms with Crippen LogP contribution >= 0.6 is 11.6 Å². The van der Waals surface area contributed by atoms with Crippen LogP contribution in [0.25, 0.3) is 10.9 Å². The van der Waals surface area contributed by atoms with E-state index < -0.39 is 15.8 Å². The molecule has 3 aromatic carbocycles. The second-order valence-electron chi connectivity index (χ2n) is 6.72. The van der Waals surface area contributed by atoms with E-state index in [4.69, 9.17) is 21.1 Å². The summed E-state index contributed by atoms with van der Waals surface area (Å²) in [5.74, 6) is 0.169. The number of ether oxygens (including phenoxy) is 2. The van der Waals surface area contributed by atoms with Gasteiger partial charge in [-0.1, -0.05) is 23.7 Å². The Hall–Kier alpha value is -3.10. The van der Waals surface area contributed by atoms with Crippen LogP contribution in [0.15, 0.2) is 71.6 Å². The Balaban J connectivity index is 1.70. The van der Waals surface area contributed by atoms with Crippen LogP contribution in [0.1, 0.15) is 5.56 Å². The molecule has 0 aliphatic heterocycles. The molecular weight excluding hydrogens is 443 g/mol. The lowest BCUT2D eigenvalue weighted by atomic mass is 10.2. The predicted octanol–water partition coefficient (Wildman–Crippen LogP) is 4.70. The first kappa shape index (κ1) is 21.1. The molecule has 0 aliphatic rings. The summed E-state index contributed by atoms with van der Waals surface area (Å²) >= 11 is 5.91. The summed E-state index contributed by atoms with van der Waals surface area (Å²) in [5.41, 5.74) is 1.34. The van der Waals surface area contributed by atoms with E-state index in [1.165, 1.54) is 19.2 Å². The van der Waals surface area contributed by atoms with Crippen molar-refractivity contribution < 1.29 is 22.3 Å². The minimum Gasteiger partial charge on any atom is -0.497 e. The molecule has 0 aliphatic carbocycles. The molecule has 0 N–H and O–H groups in total. The maximum atomic E-state index is 13.3. The molecule has 0 unspecified atom stereocenters. The van der Waals surface area contributed by atoms with Crippen LogP contribution in [-0.4, -0.2) is 31.3 Å². The first-order valence-electron chi connectivity index (χ1n) is 9.33. The quantitative estimate of drug-likeness (QED) is 0.400. The van der Waals surface area contributed by atoms with Crippen LogP contribution < -0.4 is 9.47 Å². The second-order valence-corrected chi connectivity index (χ2v) is 8.92. The molecule has 0 bridgehead atoms. The van der Waals surface area contributed by atoms with Crippen molar-refractivity contribution in [2.24, 2.45) is 0 Å². The smallest absolute Gasteiger partial charge is 0.283 e. The first-order valence-corrected chi connectivity index (χ1v) is 11.2. The average molecular weight is 461 g/mol. The molecule has 0 saturated carbocycles. The number of nitrogens with zero attached hydrogens (tertiary/aromatic N) is 2. The Kier molecular flexibility index (Phi) is 5.84. The van der Waals surface area contributed by atoms with Gasteiger partial charge in [0, 0.05) is 11.4 Å². The molecule has 160 valence electrons. The van der Waals surface area contributed by atoms with E-state index in [1.807, 2.05) is 12.1 Å². The Labute approximate surface area is 183 Å². The van der Waals surface area contributed by atoms with E-state index in [0.717, 1.165) is 21.8 Å². The third-order valence-electron chi connectivity index (χ3n) is 4.70. The topological polar surface area (TPSA) is 70.4 Å². The predicted molar refractivity (Wildman–Crippen MR) is 116 cm³/mol. The molecule has 0 saturated heterocycles. The highest BCUT2D eigenvalue weighted by molar-refractivity contribution is 7.90. The van der Waals surface area contributed by atoms with E-state index in [2.05, 4.69) is 5.10 Å². The lowest BCUT2D eigenvalue weighted by molar-refractivity contribution is 0.311. The Bertz CT molecular complexity index is 1320. The molecule has 4 rings (SSSR count). The number of methoxy groups -OCH3 is 1. The Morgan fingerprint density at radius 3 is 2.42 bits per heavy atom. The molecular formula is C22H18ClFN2O4S. The van der Waals surface area contributed by atoms with Crippen molar-refractivity contribution in [1.82, 2.24) is 9.19 Å². The van der Waals surface area contributed by atoms with Gasteiger partial charge in [-0.15, -0.1) is 9.19 Å². The van der Waals surface area contributed by atoms with Gasteiger partial charge in [0.25, 0.3) is 10.0 Å². The molecule has 9 heteroatoms. The summed E-state index contributed by atoms with van der Waals surface area (Å²) < 4.78 is 51.5. The van der Waals surface area contributed by atoms with Gasteiger partial charge in [-0.2, -0.15) is 8.42 Å². The van der Waals surface area contributed by atoms with Crippen LogP contribution in [0.3, 0.4) is 0 Å². The van der Waals surface area contributed by atoms with Gasteiger partial charge in [0.1, 0.15) is 11.6 Å². The monoisotopic (exact) mass is 460 g/mol. The fourth-order valence-electron chi connectivity index (χ4n) is 3.08. The molecule has 6 nitrogen and oxygen atoms in total. The van der Waals surface area contributed by atoms with Crippen LogP contribution in [0.5, 0.6) is 11.6 Å². The number of fused-ring (bicyclic) bond motifs is 1. The average Bonchev–Trinajstić information content (AvgIpc) is 3.14. The summed E-state index contributed by atoms with van der Waals surface area (Å²) in [5, 5.41) is 5.35. The molecule has 0 atom stereocenters. The minimum atomic E-state index is -4.06. The van der Waals surface area contributed by atoms with Gasteiger partial charge in [-0.05, 0) is 60.2 Å². The van der Waals surface area contributed by atoms with Crippen molar-refractivity contribution >= 4 is 32.5 Å². The van der Waals surface area contributed by atoms with Crippen molar-refractivity contribution in [3.05, 3.63) is 83.1 Å². The maximum absolute atomic E-state index is 13.3. The van der Waals surface area contributed by atoms with Crippen molar-refractivity contribution in [3.8, 4) is 11.6 Å². The zero-order valence-electron chi connectivity index (χ0n) is 16.5. The summed E-state index contributed by atoms with van der Waals surface area (Å²) in [6.45, 7) is 0.279. The highest BCUT2D eigenvalue weighted by atomic mass is 35.5. The fourth-order valence-corrected chi connectivity index (χ4v) is 4.49. The number of benzene rings is 3. The van der Waals surface area contributed by atoms with Gasteiger partial charge in [0.15, 0.2) is 0 Å². The summed E-state index contributed by atoms with van der Waals surface area (Å²) in [4.78, 5) is -0.0816. The van der Waals surface area contributed by atoms with Crippen LogP contribution in [-0.2, 0) is 16.4 Å². The third-order valence-corrected chi connectivity index (χ3v) is 6.56. The summed E-state index contributed by atoms with van der Waals surface area (Å²) in [6, 6.07) is 16.8. The lowest BCUT2D eigenvalue weighted by Gasteiger charge is -2.06. The molecule has 1 heterocycles. The summed E-state index contributed by atoms with van der Waals surface area (Å²) in [6.07, 6.45) is 0.584. The van der Waals surface area contributed by atoms with Gasteiger partial charge < -0.3 is 9.47 Å². The molecule has 0 fully saturated rings. The molecule has 4 aromatic rings. The van der Waals surface area contributed by atoms with Crippen molar-refractivity contribution in [3.63, 3.8) is 0 Å². The van der Waals surface area contributed by atoms with E-state index in [1.54, 1.807) is 30.3 Å². The molecule has 0 amide bonds. The zero-order chi connectivity index (χ0) is 22.0. The van der Waals surface area contributed by atoms with Crippen molar-refractivity contribution in [2.75, 3.05) is 13.7 Å². The minimum absolute atomic E-state index is 0.0816. The highest BCUT2D eigenvalue weighted by Crippen LogP contribution is 2.31. The maximum Gasteiger partial charge on any atom is 0.283 e. The van der Waals surface area contributed by atoms with E-state index >= 15 is 0 Å². The number of rotatable bonds is 7. The van der Waals surface area contributed by atoms with Gasteiger partial charge in [0.2, 0.25) is 5.88 Å². The fraction of sp³-hybridized carbons (Fsp3) is 0.136. The van der Waals surface area contributed by atoms with Gasteiger partial charge in [-0.25, -0.2) is 4.39 Å². The second kappa shape index (κ2) is 8.56. The van der Waals surface area contributed by atoms with Crippen LogP contribution in [0.4, 0.5) is 4.39 Å². The number of halogens is 2. The standard InChI is InChI=1S/C22H18ClFN2O4S/c1-29-18-8-11-21-20(14-18)22(30-13-12-15-2-4-16(23)5-3-15)25-26(21)31(27,28)19-9-6-17(24)7-10-19/h2-11,14H,12-13H2,1H3. The van der Waals surface area contributed by atoms with Crippen molar-refractivity contribution in [1.29, 1.82) is 0 Å². The zero-order valence-corrected chi connectivity index (χ0v) is 18.0. The lowest BCUT2D eigenvalue weighted by Crippen LogP contribution is -2.14. The highest BCUT2D eigenvalue weighted by Gasteiger charge is 2.24. The Morgan fingerprint density at radius 2 is 1.74 bits per heavy atom. The third kappa shape index (κ3) is 4.35. The SMILES string of the molecule is COc1ccc2c(c1)c(OCCc1ccc(Cl)cc1)nn2S(=O)(=O)c1ccc(F)cc1. The molecule has 0 spiro atoms. The number of hydrogen-bond acceptors (Lipinski definition) is 5. The van der Waals surface area contributed by atoms with E-state index in [9.17, 15) is 12.8 Å². The number of aromatic nitrogens is 2. The van der Waals surface area contributed by atoms with Crippen LogP contribution in [0.2, 0.25) is 5.02 Å². The molecule has 0 radical (unpaired) electrons. The van der Waals surface area contributed by atoms with E-state index in [-0.39, 0.29) is 17.4 Å². The molecule has 31 heavy (non-hydrogen) atoms. The largest absolute Gasteiger partial charge is 0.497 e. The number of hydrogen-bond donors (Lipinski definition) is 0.